The van der Waals surface area contributed by atoms with Crippen molar-refractivity contribution in [3.8, 4) is 0 Å². The minimum Gasteiger partial charge on any atom is -1.00 e. The van der Waals surface area contributed by atoms with Crippen molar-refractivity contribution < 1.29 is 20.3 Å². The molecule has 0 saturated carbocycles. The van der Waals surface area contributed by atoms with Gasteiger partial charge >= 0.3 is 18.9 Å². The van der Waals surface area contributed by atoms with Gasteiger partial charge in [0.25, 0.3) is 0 Å². The molecule has 0 aromatic rings. The molecule has 0 aliphatic carbocycles. The molecule has 0 saturated heterocycles. The quantitative estimate of drug-likeness (QED) is 0.450. The molecule has 0 aliphatic heterocycles. The van der Waals surface area contributed by atoms with Gasteiger partial charge in [-0.15, -0.1) is 0 Å². The molecule has 0 aliphatic rings. The van der Waals surface area contributed by atoms with Gasteiger partial charge in [-0.3, -0.25) is 0 Å². The average Bonchev–Trinajstić information content (AvgIpc) is 1.91. The monoisotopic (exact) mass is 137 g/mol. The number of rotatable bonds is 5. The Morgan fingerprint density at radius 3 is 1.90 bits per heavy atom. The molecular weight excluding hydrogens is 117 g/mol. The molecule has 58 valence electrons. The molecule has 0 radical (unpaired) electrons. The van der Waals surface area contributed by atoms with E-state index in [4.69, 9.17) is 0 Å². The van der Waals surface area contributed by atoms with Crippen LogP contribution >= 0.6 is 0 Å². The fourth-order valence-corrected chi connectivity index (χ4v) is 0.922. The summed E-state index contributed by atoms with van der Waals surface area (Å²) in [4.78, 5) is 2.46. The summed E-state index contributed by atoms with van der Waals surface area (Å²) in [5.41, 5.74) is 0. The van der Waals surface area contributed by atoms with Crippen LogP contribution in [0.2, 0.25) is 0 Å². The minimum absolute atomic E-state index is 0. The van der Waals surface area contributed by atoms with E-state index in [9.17, 15) is 0 Å². The summed E-state index contributed by atoms with van der Waals surface area (Å²) in [5, 5.41) is 0. The van der Waals surface area contributed by atoms with E-state index >= 15 is 0 Å². The Hall–Kier alpha value is 0.557. The van der Waals surface area contributed by atoms with Crippen molar-refractivity contribution in [3.05, 3.63) is 0 Å². The molecule has 0 N–H and O–H groups in total. The van der Waals surface area contributed by atoms with Crippen molar-refractivity contribution in [2.75, 3.05) is 19.6 Å². The molecule has 0 rings (SSSR count). The second-order valence-electron chi connectivity index (χ2n) is 2.38. The summed E-state index contributed by atoms with van der Waals surface area (Å²) in [6.07, 6.45) is 2.66. The van der Waals surface area contributed by atoms with Gasteiger partial charge in [-0.25, -0.2) is 0 Å². The van der Waals surface area contributed by atoms with Crippen LogP contribution in [0.3, 0.4) is 0 Å². The largest absolute Gasteiger partial charge is 1.00 e. The van der Waals surface area contributed by atoms with Gasteiger partial charge in [-0.2, -0.15) is 0 Å². The molecule has 0 atom stereocenters. The van der Waals surface area contributed by atoms with Crippen molar-refractivity contribution in [2.24, 2.45) is 0 Å². The molecule has 0 spiro atoms. The van der Waals surface area contributed by atoms with Gasteiger partial charge in [0.05, 0.1) is 0 Å². The Bertz CT molecular complexity index is 58.1. The Kier molecular flexibility index (Phi) is 12.6. The predicted molar refractivity (Wildman–Crippen MR) is 43.8 cm³/mol. The van der Waals surface area contributed by atoms with Crippen LogP contribution in [-0.2, 0) is 0 Å². The number of nitrogens with zero attached hydrogens (tertiary/aromatic N) is 1. The Morgan fingerprint density at radius 1 is 1.10 bits per heavy atom. The maximum atomic E-state index is 2.46. The molecule has 10 heavy (non-hydrogen) atoms. The molecule has 2 heteroatoms. The van der Waals surface area contributed by atoms with E-state index < -0.39 is 0 Å². The first-order chi connectivity index (χ1) is 4.35. The Morgan fingerprint density at radius 2 is 1.60 bits per heavy atom. The first-order valence-corrected chi connectivity index (χ1v) is 4.07. The van der Waals surface area contributed by atoms with Crippen LogP contribution in [0.25, 0.3) is 0 Å². The third kappa shape index (κ3) is 6.67. The van der Waals surface area contributed by atoms with Gasteiger partial charge in [0.15, 0.2) is 0 Å². The number of hydrogen-bond acceptors (Lipinski definition) is 1. The summed E-state index contributed by atoms with van der Waals surface area (Å²) in [7, 11) is 0. The second-order valence-corrected chi connectivity index (χ2v) is 2.38. The van der Waals surface area contributed by atoms with Crippen LogP contribution in [0.1, 0.15) is 35.0 Å². The van der Waals surface area contributed by atoms with Gasteiger partial charge in [-0.1, -0.05) is 27.2 Å². The van der Waals surface area contributed by atoms with E-state index in [1.165, 1.54) is 32.5 Å². The van der Waals surface area contributed by atoms with E-state index in [1.54, 1.807) is 0 Å². The van der Waals surface area contributed by atoms with Crippen LogP contribution < -0.4 is 18.9 Å². The van der Waals surface area contributed by atoms with Gasteiger partial charge in [0, 0.05) is 0 Å². The molecule has 0 amide bonds. The minimum atomic E-state index is 0. The Labute approximate surface area is 78.8 Å². The van der Waals surface area contributed by atoms with Crippen molar-refractivity contribution in [1.29, 1.82) is 0 Å². The van der Waals surface area contributed by atoms with Crippen LogP contribution in [0.15, 0.2) is 0 Å². The third-order valence-corrected chi connectivity index (χ3v) is 1.72. The van der Waals surface area contributed by atoms with Crippen LogP contribution in [0, 0.1) is 0 Å². The molecule has 0 bridgehead atoms. The van der Waals surface area contributed by atoms with Gasteiger partial charge in [0.1, 0.15) is 0 Å². The van der Waals surface area contributed by atoms with Crippen molar-refractivity contribution >= 4 is 0 Å². The zero-order valence-electron chi connectivity index (χ0n) is 8.98. The topological polar surface area (TPSA) is 3.24 Å². The van der Waals surface area contributed by atoms with E-state index in [0.717, 1.165) is 0 Å². The van der Waals surface area contributed by atoms with Gasteiger partial charge in [0.2, 0.25) is 0 Å². The summed E-state index contributed by atoms with van der Waals surface area (Å²) in [5.74, 6) is 0. The van der Waals surface area contributed by atoms with Crippen LogP contribution in [-0.4, -0.2) is 24.5 Å². The van der Waals surface area contributed by atoms with Gasteiger partial charge in [-0.05, 0) is 26.1 Å². The predicted octanol–water partition coefficient (Wildman–Crippen LogP) is -0.755. The number of hydrogen-bond donors (Lipinski definition) is 0. The maximum Gasteiger partial charge on any atom is 1.00 e. The molecule has 0 fully saturated rings. The van der Waals surface area contributed by atoms with Crippen LogP contribution in [0.4, 0.5) is 0 Å². The zero-order chi connectivity index (χ0) is 7.11. The fraction of sp³-hybridized carbons (Fsp3) is 1.00. The van der Waals surface area contributed by atoms with Crippen molar-refractivity contribution in [2.45, 2.75) is 33.6 Å². The van der Waals surface area contributed by atoms with E-state index in [0.29, 0.717) is 0 Å². The zero-order valence-corrected chi connectivity index (χ0v) is 7.98. The fourth-order valence-electron chi connectivity index (χ4n) is 0.922. The molecule has 0 unspecified atom stereocenters. The summed E-state index contributed by atoms with van der Waals surface area (Å²) >= 11 is 0. The first-order valence-electron chi connectivity index (χ1n) is 4.07. The van der Waals surface area contributed by atoms with E-state index in [-0.39, 0.29) is 20.3 Å². The standard InChI is InChI=1S/C8H19N.Li.H/c1-4-7-8-9(5-2)6-3;;/h4-8H2,1-3H3;;/q;+1;-1. The maximum absolute atomic E-state index is 2.46. The molecule has 0 aromatic heterocycles. The normalized spacial score (nSPS) is 9.60. The van der Waals surface area contributed by atoms with Crippen LogP contribution in [0.5, 0.6) is 0 Å². The second kappa shape index (κ2) is 9.56. The SMILES string of the molecule is CCCCN(CC)CC.[H-].[Li+]. The Balaban J connectivity index is -0.000000320. The van der Waals surface area contributed by atoms with E-state index in [1.807, 2.05) is 0 Å². The van der Waals surface area contributed by atoms with Crippen molar-refractivity contribution in [3.63, 3.8) is 0 Å². The van der Waals surface area contributed by atoms with Crippen molar-refractivity contribution in [1.82, 2.24) is 4.90 Å². The summed E-state index contributed by atoms with van der Waals surface area (Å²) in [6, 6.07) is 0. The number of unbranched alkanes of at least 4 members (excludes halogenated alkanes) is 1. The first kappa shape index (κ1) is 13.2. The summed E-state index contributed by atoms with van der Waals surface area (Å²) < 4.78 is 0. The molecule has 1 nitrogen and oxygen atoms in total. The van der Waals surface area contributed by atoms with Gasteiger partial charge < -0.3 is 6.33 Å². The molecule has 0 aromatic carbocycles. The van der Waals surface area contributed by atoms with E-state index in [2.05, 4.69) is 25.7 Å². The molecule has 0 heterocycles. The third-order valence-electron chi connectivity index (χ3n) is 1.72. The smallest absolute Gasteiger partial charge is 1.00 e. The summed E-state index contributed by atoms with van der Waals surface area (Å²) in [6.45, 7) is 10.4. The molecular formula is C8H20LiN. The average molecular weight is 137 g/mol.